The Morgan fingerprint density at radius 2 is 2.31 bits per heavy atom. The molecule has 1 atom stereocenters. The Labute approximate surface area is 95.8 Å². The van der Waals surface area contributed by atoms with Gasteiger partial charge in [0, 0.05) is 26.8 Å². The molecule has 0 spiro atoms. The zero-order chi connectivity index (χ0) is 11.5. The predicted molar refractivity (Wildman–Crippen MR) is 63.9 cm³/mol. The highest BCUT2D eigenvalue weighted by molar-refractivity contribution is 5.49. The Kier molecular flexibility index (Phi) is 3.24. The van der Waals surface area contributed by atoms with Crippen molar-refractivity contribution in [3.05, 3.63) is 11.9 Å². The van der Waals surface area contributed by atoms with E-state index in [1.807, 2.05) is 20.0 Å². The maximum atomic E-state index is 5.39. The van der Waals surface area contributed by atoms with E-state index in [2.05, 4.69) is 27.2 Å². The minimum absolute atomic E-state index is 0.430. The standard InChI is InChI=1S/C11H18N4O/c1-8-13-10(12-2)6-11(14-8)15(3)9-4-5-16-7-9/h6,9H,4-5,7H2,1-3H3,(H,12,13,14). The van der Waals surface area contributed by atoms with E-state index in [1.165, 1.54) is 0 Å². The van der Waals surface area contributed by atoms with Gasteiger partial charge in [-0.05, 0) is 13.3 Å². The molecule has 1 aliphatic heterocycles. The topological polar surface area (TPSA) is 50.3 Å². The van der Waals surface area contributed by atoms with Crippen LogP contribution in [0.25, 0.3) is 0 Å². The summed E-state index contributed by atoms with van der Waals surface area (Å²) in [7, 11) is 3.92. The van der Waals surface area contributed by atoms with E-state index in [1.54, 1.807) is 0 Å². The van der Waals surface area contributed by atoms with E-state index in [9.17, 15) is 0 Å². The number of anilines is 2. The first kappa shape index (κ1) is 11.1. The molecule has 88 valence electrons. The Morgan fingerprint density at radius 1 is 1.50 bits per heavy atom. The summed E-state index contributed by atoms with van der Waals surface area (Å²) in [4.78, 5) is 10.9. The van der Waals surface area contributed by atoms with Gasteiger partial charge in [0.05, 0.1) is 12.6 Å². The van der Waals surface area contributed by atoms with Crippen LogP contribution in [0.2, 0.25) is 0 Å². The van der Waals surface area contributed by atoms with Gasteiger partial charge in [0.2, 0.25) is 0 Å². The van der Waals surface area contributed by atoms with Gasteiger partial charge in [0.15, 0.2) is 0 Å². The molecule has 0 radical (unpaired) electrons. The molecule has 1 fully saturated rings. The highest BCUT2D eigenvalue weighted by atomic mass is 16.5. The quantitative estimate of drug-likeness (QED) is 0.828. The minimum atomic E-state index is 0.430. The number of nitrogens with zero attached hydrogens (tertiary/aromatic N) is 3. The van der Waals surface area contributed by atoms with Crippen LogP contribution in [-0.4, -0.2) is 43.3 Å². The van der Waals surface area contributed by atoms with Crippen molar-refractivity contribution in [3.8, 4) is 0 Å². The normalized spacial score (nSPS) is 19.8. The third-order valence-corrected chi connectivity index (χ3v) is 2.90. The third-order valence-electron chi connectivity index (χ3n) is 2.90. The average Bonchev–Trinajstić information content (AvgIpc) is 2.80. The lowest BCUT2D eigenvalue weighted by molar-refractivity contribution is 0.193. The predicted octanol–water partition coefficient (Wildman–Crippen LogP) is 1.05. The van der Waals surface area contributed by atoms with E-state index >= 15 is 0 Å². The Balaban J connectivity index is 2.21. The van der Waals surface area contributed by atoms with Crippen molar-refractivity contribution in [3.63, 3.8) is 0 Å². The van der Waals surface area contributed by atoms with E-state index in [4.69, 9.17) is 4.74 Å². The highest BCUT2D eigenvalue weighted by Gasteiger charge is 2.21. The number of aryl methyl sites for hydroxylation is 1. The summed E-state index contributed by atoms with van der Waals surface area (Å²) in [5.74, 6) is 2.59. The Hall–Kier alpha value is -1.36. The molecule has 0 bridgehead atoms. The molecule has 5 heteroatoms. The molecule has 1 saturated heterocycles. The number of likely N-dealkylation sites (N-methyl/N-ethyl adjacent to an activating group) is 1. The third kappa shape index (κ3) is 2.24. The SMILES string of the molecule is CNc1cc(N(C)C2CCOC2)nc(C)n1. The van der Waals surface area contributed by atoms with Crippen LogP contribution in [0, 0.1) is 6.92 Å². The average molecular weight is 222 g/mol. The van der Waals surface area contributed by atoms with Crippen molar-refractivity contribution in [2.75, 3.05) is 37.5 Å². The largest absolute Gasteiger partial charge is 0.379 e. The van der Waals surface area contributed by atoms with E-state index in [0.29, 0.717) is 6.04 Å². The molecule has 1 aromatic rings. The lowest BCUT2D eigenvalue weighted by atomic mass is 10.2. The van der Waals surface area contributed by atoms with E-state index < -0.39 is 0 Å². The van der Waals surface area contributed by atoms with Crippen molar-refractivity contribution in [1.29, 1.82) is 0 Å². The molecule has 16 heavy (non-hydrogen) atoms. The lowest BCUT2D eigenvalue weighted by Crippen LogP contribution is -2.32. The number of hydrogen-bond donors (Lipinski definition) is 1. The van der Waals surface area contributed by atoms with Gasteiger partial charge in [-0.3, -0.25) is 0 Å². The summed E-state index contributed by atoms with van der Waals surface area (Å²) in [6.07, 6.45) is 1.06. The van der Waals surface area contributed by atoms with Crippen molar-refractivity contribution in [2.45, 2.75) is 19.4 Å². The smallest absolute Gasteiger partial charge is 0.134 e. The van der Waals surface area contributed by atoms with Crippen LogP contribution in [0.1, 0.15) is 12.2 Å². The van der Waals surface area contributed by atoms with Gasteiger partial charge in [-0.2, -0.15) is 0 Å². The summed E-state index contributed by atoms with van der Waals surface area (Å²) in [5, 5.41) is 3.04. The van der Waals surface area contributed by atoms with Crippen LogP contribution in [0.5, 0.6) is 0 Å². The molecule has 1 unspecified atom stereocenters. The maximum Gasteiger partial charge on any atom is 0.134 e. The first-order chi connectivity index (χ1) is 7.70. The summed E-state index contributed by atoms with van der Waals surface area (Å²) in [6.45, 7) is 3.54. The van der Waals surface area contributed by atoms with Gasteiger partial charge >= 0.3 is 0 Å². The maximum absolute atomic E-state index is 5.39. The van der Waals surface area contributed by atoms with Gasteiger partial charge in [0.25, 0.3) is 0 Å². The van der Waals surface area contributed by atoms with Crippen LogP contribution in [0.15, 0.2) is 6.07 Å². The van der Waals surface area contributed by atoms with Crippen molar-refractivity contribution < 1.29 is 4.74 Å². The molecular weight excluding hydrogens is 204 g/mol. The van der Waals surface area contributed by atoms with Gasteiger partial charge in [0.1, 0.15) is 17.5 Å². The molecule has 2 heterocycles. The Morgan fingerprint density at radius 3 is 2.94 bits per heavy atom. The first-order valence-electron chi connectivity index (χ1n) is 5.54. The summed E-state index contributed by atoms with van der Waals surface area (Å²) in [5.41, 5.74) is 0. The number of rotatable bonds is 3. The summed E-state index contributed by atoms with van der Waals surface area (Å²) in [6, 6.07) is 2.39. The van der Waals surface area contributed by atoms with Crippen LogP contribution in [-0.2, 0) is 4.74 Å². The highest BCUT2D eigenvalue weighted by Crippen LogP contribution is 2.20. The lowest BCUT2D eigenvalue weighted by Gasteiger charge is -2.24. The number of ether oxygens (including phenoxy) is 1. The molecule has 5 nitrogen and oxygen atoms in total. The zero-order valence-electron chi connectivity index (χ0n) is 10.0. The van der Waals surface area contributed by atoms with Gasteiger partial charge in [-0.15, -0.1) is 0 Å². The van der Waals surface area contributed by atoms with Crippen molar-refractivity contribution >= 4 is 11.6 Å². The van der Waals surface area contributed by atoms with Gasteiger partial charge < -0.3 is 15.0 Å². The van der Waals surface area contributed by atoms with Crippen LogP contribution in [0.3, 0.4) is 0 Å². The van der Waals surface area contributed by atoms with Crippen LogP contribution >= 0.6 is 0 Å². The molecule has 1 aromatic heterocycles. The molecule has 0 amide bonds. The van der Waals surface area contributed by atoms with E-state index in [0.717, 1.165) is 37.1 Å². The zero-order valence-corrected chi connectivity index (χ0v) is 10.0. The van der Waals surface area contributed by atoms with Gasteiger partial charge in [-0.1, -0.05) is 0 Å². The van der Waals surface area contributed by atoms with Crippen molar-refractivity contribution in [1.82, 2.24) is 9.97 Å². The second-order valence-corrected chi connectivity index (χ2v) is 4.04. The summed E-state index contributed by atoms with van der Waals surface area (Å²) >= 11 is 0. The fourth-order valence-electron chi connectivity index (χ4n) is 1.88. The summed E-state index contributed by atoms with van der Waals surface area (Å²) < 4.78 is 5.39. The number of nitrogens with one attached hydrogen (secondary N) is 1. The second-order valence-electron chi connectivity index (χ2n) is 4.04. The molecule has 0 saturated carbocycles. The molecule has 0 aromatic carbocycles. The number of hydrogen-bond acceptors (Lipinski definition) is 5. The Bertz CT molecular complexity index is 363. The van der Waals surface area contributed by atoms with Gasteiger partial charge in [-0.25, -0.2) is 9.97 Å². The molecule has 0 aliphatic carbocycles. The monoisotopic (exact) mass is 222 g/mol. The minimum Gasteiger partial charge on any atom is -0.379 e. The fraction of sp³-hybridized carbons (Fsp3) is 0.636. The molecule has 1 N–H and O–H groups in total. The second kappa shape index (κ2) is 4.65. The molecule has 1 aliphatic rings. The first-order valence-corrected chi connectivity index (χ1v) is 5.54. The fourth-order valence-corrected chi connectivity index (χ4v) is 1.88. The van der Waals surface area contributed by atoms with Crippen molar-refractivity contribution in [2.24, 2.45) is 0 Å². The molecule has 2 rings (SSSR count). The number of aromatic nitrogens is 2. The van der Waals surface area contributed by atoms with E-state index in [-0.39, 0.29) is 0 Å². The molecular formula is C11H18N4O. The van der Waals surface area contributed by atoms with Crippen LogP contribution < -0.4 is 10.2 Å². The van der Waals surface area contributed by atoms with Crippen LogP contribution in [0.4, 0.5) is 11.6 Å².